The van der Waals surface area contributed by atoms with Crippen LogP contribution in [0.2, 0.25) is 0 Å². The molecule has 3 saturated carbocycles. The van der Waals surface area contributed by atoms with Gasteiger partial charge in [-0.2, -0.15) is 5.26 Å². The van der Waals surface area contributed by atoms with Crippen molar-refractivity contribution in [1.29, 1.82) is 5.26 Å². The third kappa shape index (κ3) is 4.58. The van der Waals surface area contributed by atoms with Crippen LogP contribution >= 0.6 is 0 Å². The molecule has 0 radical (unpaired) electrons. The molecule has 3 N–H and O–H groups in total. The summed E-state index contributed by atoms with van der Waals surface area (Å²) in [4.78, 5) is 19.7. The molecule has 0 amide bonds. The summed E-state index contributed by atoms with van der Waals surface area (Å²) in [5.74, 6) is -4.28. The minimum Gasteiger partial charge on any atom is -0.481 e. The number of halogens is 3. The van der Waals surface area contributed by atoms with Crippen LogP contribution in [0.15, 0.2) is 72.9 Å². The van der Waals surface area contributed by atoms with Gasteiger partial charge in [0.1, 0.15) is 17.7 Å². The van der Waals surface area contributed by atoms with E-state index in [9.17, 15) is 23.9 Å². The highest BCUT2D eigenvalue weighted by Gasteiger charge is 2.47. The second-order valence-corrected chi connectivity index (χ2v) is 11.6. The Kier molecular flexibility index (Phi) is 6.85. The molecule has 5 aromatic rings. The van der Waals surface area contributed by atoms with Crippen molar-refractivity contribution in [2.45, 2.75) is 31.7 Å². The molecule has 2 heterocycles. The highest BCUT2D eigenvalue weighted by atomic mass is 19.1. The number of hydrogen-bond donors (Lipinski definition) is 3. The van der Waals surface area contributed by atoms with Gasteiger partial charge in [0.2, 0.25) is 0 Å². The molecule has 3 aromatic carbocycles. The van der Waals surface area contributed by atoms with Crippen LogP contribution in [-0.4, -0.2) is 27.1 Å². The minimum absolute atomic E-state index is 0.0197. The van der Waals surface area contributed by atoms with Crippen LogP contribution in [0.25, 0.3) is 44.4 Å². The van der Waals surface area contributed by atoms with E-state index in [4.69, 9.17) is 0 Å². The number of H-pyrrole nitrogens is 1. The van der Waals surface area contributed by atoms with Crippen LogP contribution in [0, 0.1) is 46.5 Å². The maximum absolute atomic E-state index is 16.7. The smallest absolute Gasteiger partial charge is 0.308 e. The first-order valence-corrected chi connectivity index (χ1v) is 14.6. The quantitative estimate of drug-likeness (QED) is 0.185. The Hall–Kier alpha value is -5.10. The summed E-state index contributed by atoms with van der Waals surface area (Å²) >= 11 is 0. The molecule has 0 unspecified atom stereocenters. The average Bonchev–Trinajstić information content (AvgIpc) is 3.46. The standard InChI is InChI=1S/C35H27F3N4O2/c36-23-14-24-26(17-40-33(24)27(37)15-23)32-25(16-39)28(20-8-6-19(7-9-20)18-4-2-1-3-5-18)30(38)34(42-32)41-31-22-12-10-21(11-13-22)29(31)35(43)44/h1-9,14-15,17,21-22,29,31,40H,10-13H2,(H,41,42)(H,43,44)/t21?,22?,29-,31-/m0/s1. The van der Waals surface area contributed by atoms with Gasteiger partial charge in [-0.05, 0) is 60.3 Å². The van der Waals surface area contributed by atoms with E-state index in [1.54, 1.807) is 12.1 Å². The highest BCUT2D eigenvalue weighted by Crippen LogP contribution is 2.47. The van der Waals surface area contributed by atoms with Crippen LogP contribution in [-0.2, 0) is 4.79 Å². The van der Waals surface area contributed by atoms with Gasteiger partial charge >= 0.3 is 5.97 Å². The molecule has 0 spiro atoms. The van der Waals surface area contributed by atoms with Gasteiger partial charge in [-0.15, -0.1) is 0 Å². The molecule has 8 rings (SSSR count). The summed E-state index contributed by atoms with van der Waals surface area (Å²) in [7, 11) is 0. The number of carbonyl (C=O) groups is 1. The predicted octanol–water partition coefficient (Wildman–Crippen LogP) is 8.15. The molecular weight excluding hydrogens is 565 g/mol. The number of benzene rings is 3. The fourth-order valence-corrected chi connectivity index (χ4v) is 7.21. The van der Waals surface area contributed by atoms with Crippen molar-refractivity contribution in [3.8, 4) is 39.6 Å². The third-order valence-corrected chi connectivity index (χ3v) is 9.30. The van der Waals surface area contributed by atoms with Gasteiger partial charge in [0.15, 0.2) is 11.6 Å². The number of anilines is 1. The number of carboxylic acid groups (broad SMARTS) is 1. The van der Waals surface area contributed by atoms with E-state index in [0.29, 0.717) is 5.56 Å². The van der Waals surface area contributed by atoms with Crippen LogP contribution in [0.4, 0.5) is 19.0 Å². The van der Waals surface area contributed by atoms with E-state index in [2.05, 4.69) is 21.4 Å². The number of rotatable bonds is 6. The number of carboxylic acids is 1. The summed E-state index contributed by atoms with van der Waals surface area (Å²) < 4.78 is 45.7. The molecule has 2 aromatic heterocycles. The van der Waals surface area contributed by atoms with E-state index in [1.807, 2.05) is 42.5 Å². The molecule has 44 heavy (non-hydrogen) atoms. The number of fused-ring (bicyclic) bond motifs is 4. The molecular formula is C35H27F3N4O2. The lowest BCUT2D eigenvalue weighted by Crippen LogP contribution is -2.51. The van der Waals surface area contributed by atoms with Gasteiger partial charge < -0.3 is 15.4 Å². The van der Waals surface area contributed by atoms with Gasteiger partial charge in [-0.1, -0.05) is 54.6 Å². The maximum atomic E-state index is 16.7. The second kappa shape index (κ2) is 10.9. The van der Waals surface area contributed by atoms with Crippen LogP contribution in [0.3, 0.4) is 0 Å². The Morgan fingerprint density at radius 3 is 2.27 bits per heavy atom. The Morgan fingerprint density at radius 2 is 1.59 bits per heavy atom. The largest absolute Gasteiger partial charge is 0.481 e. The number of hydrogen-bond acceptors (Lipinski definition) is 4. The lowest BCUT2D eigenvalue weighted by atomic mass is 9.61. The van der Waals surface area contributed by atoms with Gasteiger partial charge in [0.25, 0.3) is 0 Å². The SMILES string of the molecule is N#Cc1c(-c2c[nH]c3c(F)cc(F)cc23)nc(N[C@H]2C3CCC(CC3)[C@@H]2C(=O)O)c(F)c1-c1ccc(-c2ccccc2)cc1. The lowest BCUT2D eigenvalue weighted by Gasteiger charge is -2.47. The molecule has 2 bridgehead atoms. The van der Waals surface area contributed by atoms with Gasteiger partial charge in [-0.25, -0.2) is 18.2 Å². The Morgan fingerprint density at radius 1 is 0.932 bits per heavy atom. The first-order valence-electron chi connectivity index (χ1n) is 14.6. The van der Waals surface area contributed by atoms with Crippen LogP contribution in [0.1, 0.15) is 31.2 Å². The Labute approximate surface area is 251 Å². The zero-order chi connectivity index (χ0) is 30.5. The van der Waals surface area contributed by atoms with E-state index >= 15 is 4.39 Å². The number of nitrogens with zero attached hydrogens (tertiary/aromatic N) is 2. The van der Waals surface area contributed by atoms with Gasteiger partial charge in [0, 0.05) is 34.8 Å². The van der Waals surface area contributed by atoms with E-state index in [0.717, 1.165) is 48.9 Å². The Balaban J connectivity index is 1.43. The maximum Gasteiger partial charge on any atom is 0.308 e. The second-order valence-electron chi connectivity index (χ2n) is 11.6. The van der Waals surface area contributed by atoms with Crippen molar-refractivity contribution >= 4 is 22.7 Å². The fourth-order valence-electron chi connectivity index (χ4n) is 7.21. The molecule has 6 nitrogen and oxygen atoms in total. The number of aromatic amines is 1. The summed E-state index contributed by atoms with van der Waals surface area (Å²) in [6.07, 6.45) is 4.68. The number of nitrogens with one attached hydrogen (secondary N) is 2. The molecule has 0 aliphatic heterocycles. The molecule has 220 valence electrons. The molecule has 9 heteroatoms. The van der Waals surface area contributed by atoms with Gasteiger partial charge in [-0.3, -0.25) is 4.79 Å². The van der Waals surface area contributed by atoms with Crippen molar-refractivity contribution < 1.29 is 23.1 Å². The van der Waals surface area contributed by atoms with Crippen molar-refractivity contribution in [3.63, 3.8) is 0 Å². The summed E-state index contributed by atoms with van der Waals surface area (Å²) in [6, 6.07) is 20.2. The van der Waals surface area contributed by atoms with E-state index in [1.165, 1.54) is 6.20 Å². The number of pyridine rings is 1. The predicted molar refractivity (Wildman–Crippen MR) is 161 cm³/mol. The molecule has 2 atom stereocenters. The van der Waals surface area contributed by atoms with Crippen molar-refractivity contribution in [2.24, 2.45) is 17.8 Å². The topological polar surface area (TPSA) is 102 Å². The number of aromatic nitrogens is 2. The summed E-state index contributed by atoms with van der Waals surface area (Å²) in [6.45, 7) is 0. The normalized spacial score (nSPS) is 20.9. The molecule has 0 saturated heterocycles. The molecule has 3 aliphatic carbocycles. The minimum atomic E-state index is -0.939. The molecule has 3 aliphatic rings. The first-order chi connectivity index (χ1) is 21.3. The number of aliphatic carboxylic acids is 1. The zero-order valence-electron chi connectivity index (χ0n) is 23.4. The van der Waals surface area contributed by atoms with Crippen molar-refractivity contribution in [3.05, 3.63) is 95.9 Å². The summed E-state index contributed by atoms with van der Waals surface area (Å²) in [5.41, 5.74) is 2.41. The van der Waals surface area contributed by atoms with Crippen molar-refractivity contribution in [2.75, 3.05) is 5.32 Å². The summed E-state index contributed by atoms with van der Waals surface area (Å²) in [5, 5.41) is 23.8. The van der Waals surface area contributed by atoms with Gasteiger partial charge in [0.05, 0.1) is 22.7 Å². The van der Waals surface area contributed by atoms with Crippen LogP contribution < -0.4 is 5.32 Å². The monoisotopic (exact) mass is 592 g/mol. The van der Waals surface area contributed by atoms with Crippen molar-refractivity contribution in [1.82, 2.24) is 9.97 Å². The first kappa shape index (κ1) is 27.7. The Bertz CT molecular complexity index is 1940. The number of nitriles is 1. The van der Waals surface area contributed by atoms with Crippen LogP contribution in [0.5, 0.6) is 0 Å². The third-order valence-electron chi connectivity index (χ3n) is 9.30. The zero-order valence-corrected chi connectivity index (χ0v) is 23.4. The fraction of sp³-hybridized carbons (Fsp3) is 0.229. The lowest BCUT2D eigenvalue weighted by molar-refractivity contribution is -0.148. The molecule has 3 fully saturated rings. The average molecular weight is 593 g/mol. The van der Waals surface area contributed by atoms with E-state index in [-0.39, 0.29) is 50.9 Å². The van der Waals surface area contributed by atoms with E-state index < -0.39 is 35.4 Å². The highest BCUT2D eigenvalue weighted by molar-refractivity contribution is 5.98.